The van der Waals surface area contributed by atoms with E-state index in [-0.39, 0.29) is 5.82 Å². The van der Waals surface area contributed by atoms with E-state index >= 15 is 0 Å². The van der Waals surface area contributed by atoms with Crippen LogP contribution in [0.5, 0.6) is 0 Å². The average Bonchev–Trinajstić information content (AvgIpc) is 2.38. The number of thioether (sulfide) groups is 2. The Kier molecular flexibility index (Phi) is 4.49. The Morgan fingerprint density at radius 3 is 3.00 bits per heavy atom. The lowest BCUT2D eigenvalue weighted by Gasteiger charge is -2.21. The van der Waals surface area contributed by atoms with Gasteiger partial charge in [-0.15, -0.1) is 0 Å². The van der Waals surface area contributed by atoms with Crippen molar-refractivity contribution in [3.05, 3.63) is 28.4 Å². The Hall–Kier alpha value is -0.950. The monoisotopic (exact) mass is 271 g/mol. The highest BCUT2D eigenvalue weighted by atomic mass is 32.2. The van der Waals surface area contributed by atoms with E-state index in [1.54, 1.807) is 6.07 Å². The third-order valence-corrected chi connectivity index (χ3v) is 5.20. The van der Waals surface area contributed by atoms with Crippen LogP contribution in [0, 0.1) is 10.1 Å². The number of anilines is 1. The lowest BCUT2D eigenvalue weighted by Crippen LogP contribution is -2.23. The molecule has 92 valence electrons. The van der Waals surface area contributed by atoms with Crippen LogP contribution in [0.1, 0.15) is 0 Å². The fraction of sp³-hybridized carbons (Fsp3) is 0.500. The number of nitro groups is 1. The van der Waals surface area contributed by atoms with Crippen molar-refractivity contribution in [3.63, 3.8) is 0 Å². The molecule has 0 amide bonds. The summed E-state index contributed by atoms with van der Waals surface area (Å²) in [6.07, 6.45) is 1.51. The molecule has 1 saturated heterocycles. The zero-order valence-corrected chi connectivity index (χ0v) is 10.8. The topological polar surface area (TPSA) is 68.1 Å². The van der Waals surface area contributed by atoms with Gasteiger partial charge in [0.25, 0.3) is 0 Å². The van der Waals surface area contributed by atoms with E-state index in [0.717, 1.165) is 18.0 Å². The molecule has 0 bridgehead atoms. The van der Waals surface area contributed by atoms with E-state index in [1.165, 1.54) is 23.8 Å². The molecule has 2 heterocycles. The zero-order chi connectivity index (χ0) is 12.1. The van der Waals surface area contributed by atoms with E-state index in [9.17, 15) is 10.1 Å². The van der Waals surface area contributed by atoms with E-state index in [4.69, 9.17) is 0 Å². The molecule has 0 aromatic carbocycles. The van der Waals surface area contributed by atoms with Crippen molar-refractivity contribution in [2.24, 2.45) is 0 Å². The molecule has 1 fully saturated rings. The van der Waals surface area contributed by atoms with Crippen molar-refractivity contribution < 1.29 is 4.92 Å². The molecule has 1 aliphatic rings. The highest BCUT2D eigenvalue weighted by Gasteiger charge is 2.14. The molecular weight excluding hydrogens is 258 g/mol. The third kappa shape index (κ3) is 3.78. The molecule has 1 aliphatic heterocycles. The Morgan fingerprint density at radius 2 is 2.41 bits per heavy atom. The molecule has 1 aromatic rings. The van der Waals surface area contributed by atoms with Crippen molar-refractivity contribution >= 4 is 35.0 Å². The molecule has 1 aromatic heterocycles. The Morgan fingerprint density at radius 1 is 1.53 bits per heavy atom. The van der Waals surface area contributed by atoms with Crippen molar-refractivity contribution in [3.8, 4) is 0 Å². The van der Waals surface area contributed by atoms with Gasteiger partial charge in [0.1, 0.15) is 0 Å². The molecule has 0 spiro atoms. The van der Waals surface area contributed by atoms with Crippen molar-refractivity contribution in [2.45, 2.75) is 5.25 Å². The summed E-state index contributed by atoms with van der Waals surface area (Å²) < 4.78 is 0. The summed E-state index contributed by atoms with van der Waals surface area (Å²) >= 11 is 3.96. The van der Waals surface area contributed by atoms with E-state index in [0.29, 0.717) is 5.25 Å². The zero-order valence-electron chi connectivity index (χ0n) is 9.17. The third-order valence-electron chi connectivity index (χ3n) is 2.35. The van der Waals surface area contributed by atoms with Crippen LogP contribution in [0.4, 0.5) is 11.5 Å². The Bertz CT molecular complexity index is 380. The summed E-state index contributed by atoms with van der Waals surface area (Å²) in [7, 11) is 0. The van der Waals surface area contributed by atoms with E-state index in [1.807, 2.05) is 23.5 Å². The lowest BCUT2D eigenvalue weighted by atomic mass is 10.4. The first kappa shape index (κ1) is 12.5. The summed E-state index contributed by atoms with van der Waals surface area (Å²) in [5.74, 6) is 3.49. The molecule has 0 aliphatic carbocycles. The fourth-order valence-electron chi connectivity index (χ4n) is 1.48. The SMILES string of the molecule is O=[N+]([O-])c1ccc(NCC2CSCCS2)cn1. The number of rotatable bonds is 4. The average molecular weight is 271 g/mol. The quantitative estimate of drug-likeness (QED) is 0.669. The smallest absolute Gasteiger partial charge is 0.363 e. The fourth-order valence-corrected chi connectivity index (χ4v) is 4.10. The standard InChI is InChI=1S/C10H13N3O2S2/c14-13(15)10-2-1-8(5-12-10)11-6-9-7-16-3-4-17-9/h1-2,5,9,11H,3-4,6-7H2. The maximum Gasteiger partial charge on any atom is 0.363 e. The van der Waals surface area contributed by atoms with E-state index in [2.05, 4.69) is 10.3 Å². The first-order chi connectivity index (χ1) is 8.25. The van der Waals surface area contributed by atoms with Gasteiger partial charge >= 0.3 is 5.82 Å². The van der Waals surface area contributed by atoms with Crippen molar-refractivity contribution in [1.82, 2.24) is 4.98 Å². The molecule has 1 atom stereocenters. The molecule has 2 rings (SSSR count). The van der Waals surface area contributed by atoms with Crippen LogP contribution in [-0.2, 0) is 0 Å². The second-order valence-corrected chi connectivity index (χ2v) is 6.17. The van der Waals surface area contributed by atoms with Crippen LogP contribution in [0.25, 0.3) is 0 Å². The maximum atomic E-state index is 10.4. The second kappa shape index (κ2) is 6.11. The van der Waals surface area contributed by atoms with E-state index < -0.39 is 4.92 Å². The normalized spacial score (nSPS) is 19.9. The lowest BCUT2D eigenvalue weighted by molar-refractivity contribution is -0.389. The molecule has 0 radical (unpaired) electrons. The largest absolute Gasteiger partial charge is 0.381 e. The summed E-state index contributed by atoms with van der Waals surface area (Å²) in [4.78, 5) is 13.7. The Balaban J connectivity index is 1.84. The molecule has 1 unspecified atom stereocenters. The molecule has 7 heteroatoms. The van der Waals surface area contributed by atoms with Gasteiger partial charge in [0.05, 0.1) is 5.69 Å². The minimum atomic E-state index is -0.489. The molecule has 5 nitrogen and oxygen atoms in total. The second-order valence-electron chi connectivity index (χ2n) is 3.61. The summed E-state index contributed by atoms with van der Waals surface area (Å²) in [6.45, 7) is 0.886. The number of hydrogen-bond donors (Lipinski definition) is 1. The summed E-state index contributed by atoms with van der Waals surface area (Å²) in [5.41, 5.74) is 0.840. The number of nitrogens with one attached hydrogen (secondary N) is 1. The van der Waals surface area contributed by atoms with Crippen LogP contribution in [0.3, 0.4) is 0 Å². The first-order valence-electron chi connectivity index (χ1n) is 5.29. The predicted molar refractivity (Wildman–Crippen MR) is 73.0 cm³/mol. The van der Waals surface area contributed by atoms with Gasteiger partial charge in [-0.3, -0.25) is 0 Å². The van der Waals surface area contributed by atoms with Crippen LogP contribution in [0.2, 0.25) is 0 Å². The predicted octanol–water partition coefficient (Wildman–Crippen LogP) is 2.25. The van der Waals surface area contributed by atoms with Crippen molar-refractivity contribution in [1.29, 1.82) is 0 Å². The van der Waals surface area contributed by atoms with Crippen LogP contribution in [-0.4, -0.2) is 39.0 Å². The van der Waals surface area contributed by atoms with Gasteiger partial charge in [-0.05, 0) is 16.0 Å². The van der Waals surface area contributed by atoms with Gasteiger partial charge in [-0.25, -0.2) is 0 Å². The Labute approximate surface area is 108 Å². The maximum absolute atomic E-state index is 10.4. The van der Waals surface area contributed by atoms with Gasteiger partial charge < -0.3 is 15.4 Å². The number of aromatic nitrogens is 1. The van der Waals surface area contributed by atoms with Crippen LogP contribution < -0.4 is 5.32 Å². The highest BCUT2D eigenvalue weighted by Crippen LogP contribution is 2.24. The highest BCUT2D eigenvalue weighted by molar-refractivity contribution is 8.06. The minimum absolute atomic E-state index is 0.113. The van der Waals surface area contributed by atoms with Gasteiger partial charge in [-0.2, -0.15) is 23.5 Å². The van der Waals surface area contributed by atoms with Gasteiger partial charge in [0.2, 0.25) is 0 Å². The van der Waals surface area contributed by atoms with Gasteiger partial charge in [0.15, 0.2) is 6.20 Å². The van der Waals surface area contributed by atoms with Crippen LogP contribution >= 0.6 is 23.5 Å². The minimum Gasteiger partial charge on any atom is -0.381 e. The van der Waals surface area contributed by atoms with Crippen molar-refractivity contribution in [2.75, 3.05) is 29.1 Å². The molecule has 0 saturated carbocycles. The number of pyridine rings is 1. The van der Waals surface area contributed by atoms with Gasteiger partial charge in [-0.1, -0.05) is 0 Å². The molecular formula is C10H13N3O2S2. The van der Waals surface area contributed by atoms with Gasteiger partial charge in [0, 0.05) is 35.1 Å². The van der Waals surface area contributed by atoms with Crippen LogP contribution in [0.15, 0.2) is 18.3 Å². The number of nitrogens with zero attached hydrogens (tertiary/aromatic N) is 2. The number of hydrogen-bond acceptors (Lipinski definition) is 6. The summed E-state index contributed by atoms with van der Waals surface area (Å²) in [6, 6.07) is 3.12. The summed E-state index contributed by atoms with van der Waals surface area (Å²) in [5, 5.41) is 14.3. The first-order valence-corrected chi connectivity index (χ1v) is 7.50. The molecule has 1 N–H and O–H groups in total. The molecule has 17 heavy (non-hydrogen) atoms.